The Labute approximate surface area is 147 Å². The number of rotatable bonds is 5. The van der Waals surface area contributed by atoms with Gasteiger partial charge in [0.25, 0.3) is 5.91 Å². The van der Waals surface area contributed by atoms with Crippen molar-refractivity contribution in [3.05, 3.63) is 34.6 Å². The number of aromatic nitrogens is 2. The second-order valence-electron chi connectivity index (χ2n) is 4.64. The van der Waals surface area contributed by atoms with E-state index in [0.717, 1.165) is 6.26 Å². The topological polar surface area (TPSA) is 107 Å². The van der Waals surface area contributed by atoms with Crippen LogP contribution in [-0.4, -0.2) is 44.8 Å². The van der Waals surface area contributed by atoms with Crippen molar-refractivity contribution in [1.29, 1.82) is 0 Å². The number of carbonyl (C=O) groups is 1. The third kappa shape index (κ3) is 4.01. The molecule has 0 saturated heterocycles. The minimum Gasteiger partial charge on any atom is -0.497 e. The first-order chi connectivity index (χ1) is 11.3. The molecule has 8 nitrogen and oxygen atoms in total. The van der Waals surface area contributed by atoms with Gasteiger partial charge in [-0.3, -0.25) is 4.79 Å². The van der Waals surface area contributed by atoms with Crippen LogP contribution in [0.3, 0.4) is 0 Å². The highest BCUT2D eigenvalue weighted by molar-refractivity contribution is 9.10. The monoisotopic (exact) mass is 415 g/mol. The second-order valence-corrected chi connectivity index (χ2v) is 7.41. The molecular formula is C14H14BrN3O5S. The van der Waals surface area contributed by atoms with E-state index in [1.807, 2.05) is 0 Å². The largest absolute Gasteiger partial charge is 0.497 e. The Bertz CT molecular complexity index is 886. The third-order valence-corrected chi connectivity index (χ3v) is 4.36. The SMILES string of the molecule is COc1ccc(OC)c(NC(=O)c2nc(S(C)(=O)=O)ncc2Br)c1. The number of hydrogen-bond acceptors (Lipinski definition) is 7. The van der Waals surface area contributed by atoms with Crippen LogP contribution in [-0.2, 0) is 9.84 Å². The van der Waals surface area contributed by atoms with E-state index < -0.39 is 20.9 Å². The van der Waals surface area contributed by atoms with Gasteiger partial charge in [0.1, 0.15) is 17.2 Å². The minimum absolute atomic E-state index is 0.115. The fraction of sp³-hybridized carbons (Fsp3) is 0.214. The number of benzene rings is 1. The van der Waals surface area contributed by atoms with Gasteiger partial charge in [-0.05, 0) is 28.1 Å². The summed E-state index contributed by atoms with van der Waals surface area (Å²) in [6.45, 7) is 0. The lowest BCUT2D eigenvalue weighted by Crippen LogP contribution is -2.17. The Hall–Kier alpha value is -2.20. The van der Waals surface area contributed by atoms with Crippen LogP contribution in [0.4, 0.5) is 5.69 Å². The highest BCUT2D eigenvalue weighted by atomic mass is 79.9. The van der Waals surface area contributed by atoms with Crippen LogP contribution in [0.2, 0.25) is 0 Å². The highest BCUT2D eigenvalue weighted by Crippen LogP contribution is 2.29. The van der Waals surface area contributed by atoms with Crippen molar-refractivity contribution in [2.45, 2.75) is 5.16 Å². The van der Waals surface area contributed by atoms with Crippen molar-refractivity contribution < 1.29 is 22.7 Å². The van der Waals surface area contributed by atoms with Gasteiger partial charge >= 0.3 is 0 Å². The number of methoxy groups -OCH3 is 2. The predicted octanol–water partition coefficient (Wildman–Crippen LogP) is 1.91. The summed E-state index contributed by atoms with van der Waals surface area (Å²) in [6, 6.07) is 4.88. The Morgan fingerprint density at radius 3 is 2.54 bits per heavy atom. The van der Waals surface area contributed by atoms with Gasteiger partial charge in [-0.1, -0.05) is 0 Å². The van der Waals surface area contributed by atoms with Crippen LogP contribution in [0.5, 0.6) is 11.5 Å². The normalized spacial score (nSPS) is 11.0. The Kier molecular flexibility index (Phi) is 5.40. The molecule has 2 aromatic rings. The molecule has 0 fully saturated rings. The van der Waals surface area contributed by atoms with E-state index in [1.54, 1.807) is 18.2 Å². The molecule has 128 valence electrons. The van der Waals surface area contributed by atoms with Crippen molar-refractivity contribution in [2.24, 2.45) is 0 Å². The third-order valence-electron chi connectivity index (χ3n) is 2.92. The lowest BCUT2D eigenvalue weighted by atomic mass is 10.2. The van der Waals surface area contributed by atoms with Crippen molar-refractivity contribution >= 4 is 37.4 Å². The Balaban J connectivity index is 2.40. The average Bonchev–Trinajstić information content (AvgIpc) is 2.53. The maximum atomic E-state index is 12.5. The summed E-state index contributed by atoms with van der Waals surface area (Å²) in [5, 5.41) is 2.18. The van der Waals surface area contributed by atoms with Crippen molar-refractivity contribution in [1.82, 2.24) is 9.97 Å². The van der Waals surface area contributed by atoms with E-state index in [2.05, 4.69) is 31.2 Å². The Morgan fingerprint density at radius 1 is 1.25 bits per heavy atom. The summed E-state index contributed by atoms with van der Waals surface area (Å²) in [5.74, 6) is 0.308. The summed E-state index contributed by atoms with van der Waals surface area (Å²) >= 11 is 3.14. The molecule has 24 heavy (non-hydrogen) atoms. The van der Waals surface area contributed by atoms with Gasteiger partial charge in [-0.25, -0.2) is 18.4 Å². The maximum Gasteiger partial charge on any atom is 0.275 e. The standard InChI is InChI=1S/C14H14BrN3O5S/c1-22-8-4-5-11(23-2)10(6-8)17-13(19)12-9(15)7-16-14(18-12)24(3,20)21/h4-7H,1-3H3,(H,17,19). The number of halogens is 1. The molecule has 1 N–H and O–H groups in total. The average molecular weight is 416 g/mol. The maximum absolute atomic E-state index is 12.5. The number of nitrogens with one attached hydrogen (secondary N) is 1. The fourth-order valence-electron chi connectivity index (χ4n) is 1.78. The molecule has 0 spiro atoms. The van der Waals surface area contributed by atoms with Crippen molar-refractivity contribution in [3.63, 3.8) is 0 Å². The Morgan fingerprint density at radius 2 is 1.96 bits per heavy atom. The number of carbonyl (C=O) groups excluding carboxylic acids is 1. The number of anilines is 1. The second kappa shape index (κ2) is 7.14. The van der Waals surface area contributed by atoms with Crippen LogP contribution in [0.1, 0.15) is 10.5 Å². The molecule has 0 aliphatic carbocycles. The summed E-state index contributed by atoms with van der Waals surface area (Å²) in [5.41, 5.74) is 0.239. The fourth-order valence-corrected chi connectivity index (χ4v) is 2.65. The molecular weight excluding hydrogens is 402 g/mol. The number of hydrogen-bond donors (Lipinski definition) is 1. The number of nitrogens with zero attached hydrogens (tertiary/aromatic N) is 2. The lowest BCUT2D eigenvalue weighted by Gasteiger charge is -2.12. The zero-order chi connectivity index (χ0) is 17.9. The molecule has 0 aliphatic rings. The summed E-state index contributed by atoms with van der Waals surface area (Å²) < 4.78 is 33.7. The quantitative estimate of drug-likeness (QED) is 0.742. The molecule has 0 aliphatic heterocycles. The van der Waals surface area contributed by atoms with Crippen molar-refractivity contribution in [3.8, 4) is 11.5 Å². The van der Waals surface area contributed by atoms with Crippen LogP contribution < -0.4 is 14.8 Å². The van der Waals surface area contributed by atoms with E-state index in [1.165, 1.54) is 20.4 Å². The number of ether oxygens (including phenoxy) is 2. The van der Waals surface area contributed by atoms with E-state index >= 15 is 0 Å². The van der Waals surface area contributed by atoms with Crippen LogP contribution in [0.15, 0.2) is 34.0 Å². The number of sulfone groups is 1. The van der Waals surface area contributed by atoms with E-state index in [4.69, 9.17) is 9.47 Å². The molecule has 1 aromatic heterocycles. The smallest absolute Gasteiger partial charge is 0.275 e. The summed E-state index contributed by atoms with van der Waals surface area (Å²) in [4.78, 5) is 20.0. The van der Waals surface area contributed by atoms with Crippen LogP contribution in [0, 0.1) is 0 Å². The summed E-state index contributed by atoms with van der Waals surface area (Å²) in [7, 11) is -0.689. The minimum atomic E-state index is -3.64. The van der Waals surface area contributed by atoms with E-state index in [0.29, 0.717) is 17.2 Å². The van der Waals surface area contributed by atoms with Crippen molar-refractivity contribution in [2.75, 3.05) is 25.8 Å². The van der Waals surface area contributed by atoms with Gasteiger partial charge in [-0.15, -0.1) is 0 Å². The first-order valence-electron chi connectivity index (χ1n) is 6.52. The lowest BCUT2D eigenvalue weighted by molar-refractivity contribution is 0.102. The van der Waals surface area contributed by atoms with Gasteiger partial charge in [0, 0.05) is 18.5 Å². The molecule has 0 bridgehead atoms. The molecule has 1 amide bonds. The molecule has 0 radical (unpaired) electrons. The molecule has 0 atom stereocenters. The molecule has 1 aromatic carbocycles. The van der Waals surface area contributed by atoms with Gasteiger partial charge in [0.15, 0.2) is 0 Å². The molecule has 10 heteroatoms. The molecule has 1 heterocycles. The van der Waals surface area contributed by atoms with Gasteiger partial charge in [-0.2, -0.15) is 0 Å². The predicted molar refractivity (Wildman–Crippen MR) is 90.3 cm³/mol. The van der Waals surface area contributed by atoms with Crippen LogP contribution in [0.25, 0.3) is 0 Å². The molecule has 2 rings (SSSR count). The van der Waals surface area contributed by atoms with E-state index in [9.17, 15) is 13.2 Å². The number of amides is 1. The summed E-state index contributed by atoms with van der Waals surface area (Å²) in [6.07, 6.45) is 2.17. The zero-order valence-electron chi connectivity index (χ0n) is 13.0. The molecule has 0 unspecified atom stereocenters. The van der Waals surface area contributed by atoms with Gasteiger partial charge in [0.05, 0.1) is 24.4 Å². The first kappa shape index (κ1) is 18.1. The zero-order valence-corrected chi connectivity index (χ0v) is 15.4. The van der Waals surface area contributed by atoms with E-state index in [-0.39, 0.29) is 10.2 Å². The van der Waals surface area contributed by atoms with Crippen LogP contribution >= 0.6 is 15.9 Å². The highest BCUT2D eigenvalue weighted by Gasteiger charge is 2.20. The first-order valence-corrected chi connectivity index (χ1v) is 9.20. The van der Waals surface area contributed by atoms with Gasteiger partial charge in [0.2, 0.25) is 15.0 Å². The van der Waals surface area contributed by atoms with Gasteiger partial charge < -0.3 is 14.8 Å². The molecule has 0 saturated carbocycles.